The molecule has 0 aromatic heterocycles. The number of β-amino-alcohol motifs (C(OH)–C–C–N with tert-alkyl or cyclic N) is 1. The number of aliphatic hydroxyl groups is 1. The SMILES string of the molecule is Cl.OC1CNC(COc2ccccc2C=Cc2ccccc2)C1. The van der Waals surface area contributed by atoms with Gasteiger partial charge in [-0.25, -0.2) is 0 Å². The highest BCUT2D eigenvalue weighted by atomic mass is 35.5. The standard InChI is InChI=1S/C19H21NO2.ClH/c21-18-12-17(20-13-18)14-22-19-9-5-4-8-16(19)11-10-15-6-2-1-3-7-15;/h1-11,17-18,20-21H,12-14H2;1H. The van der Waals surface area contributed by atoms with Crippen molar-refractivity contribution in [3.8, 4) is 5.75 Å². The van der Waals surface area contributed by atoms with E-state index >= 15 is 0 Å². The van der Waals surface area contributed by atoms with Crippen LogP contribution in [0.2, 0.25) is 0 Å². The highest BCUT2D eigenvalue weighted by Crippen LogP contribution is 2.21. The predicted octanol–water partition coefficient (Wildman–Crippen LogP) is 3.38. The molecular formula is C19H22ClNO2. The molecule has 0 amide bonds. The van der Waals surface area contributed by atoms with Crippen LogP contribution in [0.5, 0.6) is 5.75 Å². The quantitative estimate of drug-likeness (QED) is 0.825. The zero-order valence-electron chi connectivity index (χ0n) is 12.9. The molecule has 0 aliphatic carbocycles. The van der Waals surface area contributed by atoms with E-state index in [0.717, 1.165) is 23.3 Å². The van der Waals surface area contributed by atoms with Crippen molar-refractivity contribution < 1.29 is 9.84 Å². The summed E-state index contributed by atoms with van der Waals surface area (Å²) in [5.41, 5.74) is 2.22. The van der Waals surface area contributed by atoms with E-state index in [-0.39, 0.29) is 24.6 Å². The number of hydrogen-bond donors (Lipinski definition) is 2. The normalized spacial score (nSPS) is 20.4. The van der Waals surface area contributed by atoms with Crippen molar-refractivity contribution >= 4 is 24.6 Å². The van der Waals surface area contributed by atoms with Gasteiger partial charge in [0.25, 0.3) is 0 Å². The Bertz CT molecular complexity index is 630. The zero-order valence-corrected chi connectivity index (χ0v) is 13.7. The van der Waals surface area contributed by atoms with Crippen molar-refractivity contribution in [3.63, 3.8) is 0 Å². The molecule has 1 aliphatic rings. The molecule has 0 bridgehead atoms. The average Bonchev–Trinajstić information content (AvgIpc) is 2.98. The first kappa shape index (κ1) is 17.5. The molecule has 2 aromatic carbocycles. The molecule has 0 saturated carbocycles. The molecular weight excluding hydrogens is 310 g/mol. The van der Waals surface area contributed by atoms with Crippen LogP contribution < -0.4 is 10.1 Å². The molecule has 1 saturated heterocycles. The van der Waals surface area contributed by atoms with Crippen LogP contribution in [-0.4, -0.2) is 30.4 Å². The van der Waals surface area contributed by atoms with E-state index in [0.29, 0.717) is 13.2 Å². The van der Waals surface area contributed by atoms with Gasteiger partial charge in [0.15, 0.2) is 0 Å². The molecule has 23 heavy (non-hydrogen) atoms. The van der Waals surface area contributed by atoms with Gasteiger partial charge in [0.05, 0.1) is 6.10 Å². The Labute approximate surface area is 143 Å². The number of benzene rings is 2. The van der Waals surface area contributed by atoms with Gasteiger partial charge in [-0.3, -0.25) is 0 Å². The van der Waals surface area contributed by atoms with Crippen LogP contribution in [0.1, 0.15) is 17.5 Å². The fourth-order valence-corrected chi connectivity index (χ4v) is 2.61. The lowest BCUT2D eigenvalue weighted by molar-refractivity contribution is 0.187. The molecule has 2 N–H and O–H groups in total. The van der Waals surface area contributed by atoms with E-state index in [9.17, 15) is 5.11 Å². The number of para-hydroxylation sites is 1. The minimum Gasteiger partial charge on any atom is -0.491 e. The Kier molecular flexibility index (Phi) is 6.66. The van der Waals surface area contributed by atoms with Crippen molar-refractivity contribution in [1.82, 2.24) is 5.32 Å². The Balaban J connectivity index is 0.00000192. The number of nitrogens with one attached hydrogen (secondary N) is 1. The molecule has 2 unspecified atom stereocenters. The van der Waals surface area contributed by atoms with Crippen molar-refractivity contribution in [2.75, 3.05) is 13.2 Å². The summed E-state index contributed by atoms with van der Waals surface area (Å²) in [5.74, 6) is 0.873. The summed E-state index contributed by atoms with van der Waals surface area (Å²) in [6.07, 6.45) is 4.66. The molecule has 1 heterocycles. The van der Waals surface area contributed by atoms with Crippen LogP contribution in [0.4, 0.5) is 0 Å². The van der Waals surface area contributed by atoms with Gasteiger partial charge in [-0.15, -0.1) is 12.4 Å². The van der Waals surface area contributed by atoms with E-state index in [4.69, 9.17) is 4.74 Å². The summed E-state index contributed by atoms with van der Waals surface area (Å²) in [6, 6.07) is 18.5. The Hall–Kier alpha value is -1.81. The smallest absolute Gasteiger partial charge is 0.126 e. The Morgan fingerprint density at radius 2 is 1.78 bits per heavy atom. The zero-order chi connectivity index (χ0) is 15.2. The van der Waals surface area contributed by atoms with Gasteiger partial charge in [-0.05, 0) is 18.1 Å². The van der Waals surface area contributed by atoms with Gasteiger partial charge in [-0.1, -0.05) is 60.7 Å². The number of halogens is 1. The lowest BCUT2D eigenvalue weighted by Crippen LogP contribution is -2.28. The third-order valence-electron chi connectivity index (χ3n) is 3.81. The van der Waals surface area contributed by atoms with Crippen LogP contribution in [-0.2, 0) is 0 Å². The van der Waals surface area contributed by atoms with Crippen LogP contribution in [0.25, 0.3) is 12.2 Å². The maximum absolute atomic E-state index is 9.53. The van der Waals surface area contributed by atoms with Crippen molar-refractivity contribution in [2.24, 2.45) is 0 Å². The second-order valence-electron chi connectivity index (χ2n) is 5.59. The fourth-order valence-electron chi connectivity index (χ4n) is 2.61. The first-order valence-electron chi connectivity index (χ1n) is 7.67. The van der Waals surface area contributed by atoms with Gasteiger partial charge in [0, 0.05) is 18.2 Å². The molecule has 2 aromatic rings. The molecule has 1 aliphatic heterocycles. The number of hydrogen-bond acceptors (Lipinski definition) is 3. The second-order valence-corrected chi connectivity index (χ2v) is 5.59. The molecule has 1 fully saturated rings. The monoisotopic (exact) mass is 331 g/mol. The second kappa shape index (κ2) is 8.73. The average molecular weight is 332 g/mol. The minimum atomic E-state index is -0.248. The summed E-state index contributed by atoms with van der Waals surface area (Å²) in [7, 11) is 0. The maximum atomic E-state index is 9.53. The molecule has 4 heteroatoms. The van der Waals surface area contributed by atoms with E-state index in [1.807, 2.05) is 42.5 Å². The predicted molar refractivity (Wildman–Crippen MR) is 97.0 cm³/mol. The lowest BCUT2D eigenvalue weighted by Gasteiger charge is -2.13. The van der Waals surface area contributed by atoms with Crippen molar-refractivity contribution in [2.45, 2.75) is 18.6 Å². The van der Waals surface area contributed by atoms with Gasteiger partial charge in [0.1, 0.15) is 12.4 Å². The number of ether oxygens (including phenoxy) is 1. The highest BCUT2D eigenvalue weighted by Gasteiger charge is 2.22. The van der Waals surface area contributed by atoms with Crippen LogP contribution in [0.15, 0.2) is 54.6 Å². The molecule has 0 radical (unpaired) electrons. The first-order valence-corrected chi connectivity index (χ1v) is 7.67. The van der Waals surface area contributed by atoms with Crippen molar-refractivity contribution in [3.05, 3.63) is 65.7 Å². The van der Waals surface area contributed by atoms with E-state index in [1.165, 1.54) is 0 Å². The number of aliphatic hydroxyl groups excluding tert-OH is 1. The summed E-state index contributed by atoms with van der Waals surface area (Å²) < 4.78 is 5.93. The van der Waals surface area contributed by atoms with Crippen LogP contribution in [0, 0.1) is 0 Å². The minimum absolute atomic E-state index is 0. The topological polar surface area (TPSA) is 41.5 Å². The molecule has 122 valence electrons. The molecule has 0 spiro atoms. The van der Waals surface area contributed by atoms with E-state index in [1.54, 1.807) is 0 Å². The van der Waals surface area contributed by atoms with Gasteiger partial charge in [0.2, 0.25) is 0 Å². The summed E-state index contributed by atoms with van der Waals surface area (Å²) in [5, 5.41) is 12.8. The van der Waals surface area contributed by atoms with Gasteiger partial charge >= 0.3 is 0 Å². The van der Waals surface area contributed by atoms with Crippen LogP contribution >= 0.6 is 12.4 Å². The highest BCUT2D eigenvalue weighted by molar-refractivity contribution is 5.85. The van der Waals surface area contributed by atoms with Crippen LogP contribution in [0.3, 0.4) is 0 Å². The summed E-state index contributed by atoms with van der Waals surface area (Å²) in [6.45, 7) is 1.23. The Morgan fingerprint density at radius 1 is 1.04 bits per heavy atom. The summed E-state index contributed by atoms with van der Waals surface area (Å²) in [4.78, 5) is 0. The van der Waals surface area contributed by atoms with E-state index in [2.05, 4.69) is 29.6 Å². The maximum Gasteiger partial charge on any atom is 0.126 e. The van der Waals surface area contributed by atoms with Gasteiger partial charge in [-0.2, -0.15) is 0 Å². The van der Waals surface area contributed by atoms with E-state index < -0.39 is 0 Å². The summed E-state index contributed by atoms with van der Waals surface area (Å²) >= 11 is 0. The third kappa shape index (κ3) is 5.10. The fraction of sp³-hybridized carbons (Fsp3) is 0.263. The molecule has 2 atom stereocenters. The largest absolute Gasteiger partial charge is 0.491 e. The molecule has 3 rings (SSSR count). The lowest BCUT2D eigenvalue weighted by atomic mass is 10.1. The molecule has 3 nitrogen and oxygen atoms in total. The van der Waals surface area contributed by atoms with Crippen molar-refractivity contribution in [1.29, 1.82) is 0 Å². The first-order chi connectivity index (χ1) is 10.8. The number of rotatable bonds is 5. The van der Waals surface area contributed by atoms with Gasteiger partial charge < -0.3 is 15.2 Å². The third-order valence-corrected chi connectivity index (χ3v) is 3.81. The Morgan fingerprint density at radius 3 is 2.52 bits per heavy atom.